The van der Waals surface area contributed by atoms with Crippen LogP contribution in [0, 0.1) is 13.8 Å². The monoisotopic (exact) mass is 275 g/mol. The van der Waals surface area contributed by atoms with Crippen molar-refractivity contribution in [3.63, 3.8) is 0 Å². The van der Waals surface area contributed by atoms with E-state index in [9.17, 15) is 0 Å². The third-order valence-corrected chi connectivity index (χ3v) is 3.18. The Hall–Kier alpha value is -1.74. The van der Waals surface area contributed by atoms with Crippen LogP contribution < -0.4 is 11.1 Å². The minimum atomic E-state index is 0.637. The smallest absolute Gasteiger partial charge is 0.154 e. The number of alkyl halides is 1. The standard InChI is InChI=1S/C15H18ClN3/c1-10-9-11(2)18-15(14(10)17)19-13-5-3-12(4-6-13)7-8-16/h3-6,9H,7-8,17H2,1-2H3,(H,18,19). The maximum absolute atomic E-state index is 6.03. The minimum absolute atomic E-state index is 0.637. The Morgan fingerprint density at radius 3 is 2.53 bits per heavy atom. The molecule has 0 fully saturated rings. The first-order valence-corrected chi connectivity index (χ1v) is 6.79. The van der Waals surface area contributed by atoms with Gasteiger partial charge in [0.15, 0.2) is 5.82 Å². The summed E-state index contributed by atoms with van der Waals surface area (Å²) in [5, 5.41) is 3.25. The number of benzene rings is 1. The fourth-order valence-corrected chi connectivity index (χ4v) is 2.16. The van der Waals surface area contributed by atoms with Crippen LogP contribution in [0.25, 0.3) is 0 Å². The van der Waals surface area contributed by atoms with Crippen molar-refractivity contribution in [2.45, 2.75) is 20.3 Å². The lowest BCUT2D eigenvalue weighted by atomic mass is 10.1. The molecule has 0 aliphatic carbocycles. The van der Waals surface area contributed by atoms with Crippen LogP contribution >= 0.6 is 11.6 Å². The van der Waals surface area contributed by atoms with Crippen LogP contribution in [0.4, 0.5) is 17.2 Å². The Morgan fingerprint density at radius 2 is 1.89 bits per heavy atom. The van der Waals surface area contributed by atoms with Gasteiger partial charge in [0.25, 0.3) is 0 Å². The molecule has 0 atom stereocenters. The molecule has 0 unspecified atom stereocenters. The van der Waals surface area contributed by atoms with Gasteiger partial charge in [-0.3, -0.25) is 0 Å². The molecule has 0 spiro atoms. The second-order valence-electron chi connectivity index (χ2n) is 4.60. The number of nitrogens with one attached hydrogen (secondary N) is 1. The van der Waals surface area contributed by atoms with Crippen molar-refractivity contribution < 1.29 is 0 Å². The number of halogens is 1. The minimum Gasteiger partial charge on any atom is -0.396 e. The van der Waals surface area contributed by atoms with E-state index in [1.165, 1.54) is 5.56 Å². The molecular formula is C15H18ClN3. The second-order valence-corrected chi connectivity index (χ2v) is 4.98. The summed E-state index contributed by atoms with van der Waals surface area (Å²) >= 11 is 5.72. The van der Waals surface area contributed by atoms with E-state index in [1.807, 2.05) is 32.0 Å². The summed E-state index contributed by atoms with van der Waals surface area (Å²) in [6.45, 7) is 3.94. The fourth-order valence-electron chi connectivity index (χ4n) is 1.94. The molecule has 0 saturated carbocycles. The van der Waals surface area contributed by atoms with Gasteiger partial charge >= 0.3 is 0 Å². The van der Waals surface area contributed by atoms with E-state index in [0.717, 1.165) is 23.4 Å². The molecule has 0 amide bonds. The van der Waals surface area contributed by atoms with Gasteiger partial charge in [-0.1, -0.05) is 12.1 Å². The third-order valence-electron chi connectivity index (χ3n) is 2.99. The predicted octanol–water partition coefficient (Wildman–Crippen LogP) is 3.81. The van der Waals surface area contributed by atoms with E-state index in [1.54, 1.807) is 0 Å². The van der Waals surface area contributed by atoms with Crippen molar-refractivity contribution in [2.75, 3.05) is 16.9 Å². The van der Waals surface area contributed by atoms with Crippen molar-refractivity contribution in [1.29, 1.82) is 0 Å². The highest BCUT2D eigenvalue weighted by atomic mass is 35.5. The van der Waals surface area contributed by atoms with Gasteiger partial charge in [-0.15, -0.1) is 11.6 Å². The van der Waals surface area contributed by atoms with Crippen LogP contribution in [-0.2, 0) is 6.42 Å². The van der Waals surface area contributed by atoms with Gasteiger partial charge in [0.2, 0.25) is 0 Å². The molecule has 0 aliphatic rings. The Balaban J connectivity index is 2.21. The summed E-state index contributed by atoms with van der Waals surface area (Å²) in [5.41, 5.74) is 10.9. The van der Waals surface area contributed by atoms with Gasteiger partial charge in [0, 0.05) is 17.3 Å². The van der Waals surface area contributed by atoms with E-state index in [4.69, 9.17) is 17.3 Å². The van der Waals surface area contributed by atoms with E-state index in [0.29, 0.717) is 17.4 Å². The lowest BCUT2D eigenvalue weighted by Crippen LogP contribution is -2.02. The van der Waals surface area contributed by atoms with E-state index in [2.05, 4.69) is 22.4 Å². The van der Waals surface area contributed by atoms with E-state index < -0.39 is 0 Å². The average Bonchev–Trinajstić information content (AvgIpc) is 2.38. The molecule has 1 heterocycles. The normalized spacial score (nSPS) is 10.5. The van der Waals surface area contributed by atoms with E-state index >= 15 is 0 Å². The molecule has 0 aliphatic heterocycles. The molecule has 0 radical (unpaired) electrons. The van der Waals surface area contributed by atoms with Crippen LogP contribution in [-0.4, -0.2) is 10.9 Å². The molecule has 4 heteroatoms. The Kier molecular flexibility index (Phi) is 4.27. The molecule has 3 nitrogen and oxygen atoms in total. The van der Waals surface area contributed by atoms with Crippen molar-refractivity contribution in [1.82, 2.24) is 4.98 Å². The highest BCUT2D eigenvalue weighted by molar-refractivity contribution is 6.17. The SMILES string of the molecule is Cc1cc(C)c(N)c(Nc2ccc(CCCl)cc2)n1. The summed E-state index contributed by atoms with van der Waals surface area (Å²) in [7, 11) is 0. The van der Waals surface area contributed by atoms with Crippen molar-refractivity contribution in [3.8, 4) is 0 Å². The molecule has 3 N–H and O–H groups in total. The number of aryl methyl sites for hydroxylation is 3. The Labute approximate surface area is 118 Å². The lowest BCUT2D eigenvalue weighted by Gasteiger charge is -2.11. The van der Waals surface area contributed by atoms with Gasteiger partial charge in [-0.25, -0.2) is 4.98 Å². The number of nitrogen functional groups attached to an aromatic ring is 1. The Morgan fingerprint density at radius 1 is 1.21 bits per heavy atom. The van der Waals surface area contributed by atoms with Gasteiger partial charge in [0.1, 0.15) is 0 Å². The Bertz CT molecular complexity index is 564. The van der Waals surface area contributed by atoms with Crippen molar-refractivity contribution >= 4 is 28.8 Å². The number of nitrogens with two attached hydrogens (primary N) is 1. The first-order chi connectivity index (χ1) is 9.10. The summed E-state index contributed by atoms with van der Waals surface area (Å²) in [5.74, 6) is 1.35. The zero-order chi connectivity index (χ0) is 13.8. The summed E-state index contributed by atoms with van der Waals surface area (Å²) in [6, 6.07) is 10.1. The third kappa shape index (κ3) is 3.38. The molecule has 0 bridgehead atoms. The van der Waals surface area contributed by atoms with Crippen LogP contribution in [0.5, 0.6) is 0 Å². The molecule has 2 rings (SSSR count). The van der Waals surface area contributed by atoms with Gasteiger partial charge in [0.05, 0.1) is 5.69 Å². The fraction of sp³-hybridized carbons (Fsp3) is 0.267. The molecule has 2 aromatic rings. The number of hydrogen-bond donors (Lipinski definition) is 2. The van der Waals surface area contributed by atoms with Gasteiger partial charge in [-0.2, -0.15) is 0 Å². The zero-order valence-corrected chi connectivity index (χ0v) is 12.0. The van der Waals surface area contributed by atoms with Gasteiger partial charge < -0.3 is 11.1 Å². The quantitative estimate of drug-likeness (QED) is 0.835. The number of anilines is 3. The molecule has 100 valence electrons. The lowest BCUT2D eigenvalue weighted by molar-refractivity contribution is 1.15. The second kappa shape index (κ2) is 5.93. The molecule has 19 heavy (non-hydrogen) atoms. The number of pyridine rings is 1. The van der Waals surface area contributed by atoms with Crippen molar-refractivity contribution in [3.05, 3.63) is 47.2 Å². The molecular weight excluding hydrogens is 258 g/mol. The highest BCUT2D eigenvalue weighted by Crippen LogP contribution is 2.24. The maximum atomic E-state index is 6.03. The largest absolute Gasteiger partial charge is 0.396 e. The summed E-state index contributed by atoms with van der Waals surface area (Å²) < 4.78 is 0. The number of nitrogens with zero attached hydrogens (tertiary/aromatic N) is 1. The molecule has 1 aromatic heterocycles. The van der Waals surface area contributed by atoms with Gasteiger partial charge in [-0.05, 0) is 49.6 Å². The van der Waals surface area contributed by atoms with E-state index in [-0.39, 0.29) is 0 Å². The van der Waals surface area contributed by atoms with Crippen LogP contribution in [0.2, 0.25) is 0 Å². The number of hydrogen-bond acceptors (Lipinski definition) is 3. The topological polar surface area (TPSA) is 50.9 Å². The number of rotatable bonds is 4. The summed E-state index contributed by atoms with van der Waals surface area (Å²) in [6.07, 6.45) is 0.881. The predicted molar refractivity (Wildman–Crippen MR) is 82.3 cm³/mol. The van der Waals surface area contributed by atoms with Crippen molar-refractivity contribution in [2.24, 2.45) is 0 Å². The first-order valence-electron chi connectivity index (χ1n) is 6.26. The molecule has 0 saturated heterocycles. The van der Waals surface area contributed by atoms with Crippen LogP contribution in [0.3, 0.4) is 0 Å². The van der Waals surface area contributed by atoms with Crippen LogP contribution in [0.1, 0.15) is 16.8 Å². The van der Waals surface area contributed by atoms with Crippen LogP contribution in [0.15, 0.2) is 30.3 Å². The first kappa shape index (κ1) is 13.7. The molecule has 1 aromatic carbocycles. The number of aromatic nitrogens is 1. The highest BCUT2D eigenvalue weighted by Gasteiger charge is 2.05. The zero-order valence-electron chi connectivity index (χ0n) is 11.2. The average molecular weight is 276 g/mol. The summed E-state index contributed by atoms with van der Waals surface area (Å²) in [4.78, 5) is 4.43. The maximum Gasteiger partial charge on any atom is 0.154 e.